The minimum absolute atomic E-state index is 0.0355. The Hall–Kier alpha value is -2.04. The van der Waals surface area contributed by atoms with Crippen LogP contribution in [0.25, 0.3) is 0 Å². The van der Waals surface area contributed by atoms with E-state index < -0.39 is 0 Å². The molecular formula is C9H12N4O. The Balaban J connectivity index is 2.70. The lowest BCUT2D eigenvalue weighted by Crippen LogP contribution is -2.24. The van der Waals surface area contributed by atoms with Gasteiger partial charge >= 0.3 is 0 Å². The zero-order chi connectivity index (χ0) is 10.6. The fraction of sp³-hybridized carbons (Fsp3) is 0.111. The Labute approximate surface area is 81.6 Å². The van der Waals surface area contributed by atoms with Gasteiger partial charge in [-0.2, -0.15) is 0 Å². The Morgan fingerprint density at radius 2 is 1.79 bits per heavy atom. The Bertz CT molecular complexity index is 352. The first-order valence-corrected chi connectivity index (χ1v) is 4.03. The number of nitrogens with two attached hydrogens (primary N) is 3. The second-order valence-corrected chi connectivity index (χ2v) is 2.79. The minimum atomic E-state index is -0.140. The predicted molar refractivity (Wildman–Crippen MR) is 55.9 cm³/mol. The van der Waals surface area contributed by atoms with Crippen LogP contribution in [0.2, 0.25) is 0 Å². The van der Waals surface area contributed by atoms with E-state index in [2.05, 4.69) is 4.99 Å². The molecular weight excluding hydrogens is 180 g/mol. The molecule has 0 bridgehead atoms. The zero-order valence-electron chi connectivity index (χ0n) is 7.60. The third-order valence-electron chi connectivity index (χ3n) is 1.64. The Morgan fingerprint density at radius 3 is 2.29 bits per heavy atom. The first-order chi connectivity index (χ1) is 6.59. The van der Waals surface area contributed by atoms with Crippen molar-refractivity contribution in [3.63, 3.8) is 0 Å². The SMILES string of the molecule is NC(N)=NCC(=O)c1ccc(N)cc1. The first-order valence-electron chi connectivity index (χ1n) is 4.03. The standard InChI is InChI=1S/C9H12N4O/c10-7-3-1-6(2-4-7)8(14)5-13-9(11)12/h1-4H,5,10H2,(H4,11,12,13). The Morgan fingerprint density at radius 1 is 1.21 bits per heavy atom. The summed E-state index contributed by atoms with van der Waals surface area (Å²) in [4.78, 5) is 15.0. The molecule has 0 saturated heterocycles. The van der Waals surface area contributed by atoms with Gasteiger partial charge in [0.15, 0.2) is 11.7 Å². The lowest BCUT2D eigenvalue weighted by molar-refractivity contribution is 0.100. The molecule has 0 aliphatic heterocycles. The van der Waals surface area contributed by atoms with Gasteiger partial charge in [-0.1, -0.05) is 0 Å². The summed E-state index contributed by atoms with van der Waals surface area (Å²) in [5, 5.41) is 0. The lowest BCUT2D eigenvalue weighted by atomic mass is 10.1. The maximum absolute atomic E-state index is 11.4. The summed E-state index contributed by atoms with van der Waals surface area (Å²) >= 11 is 0. The van der Waals surface area contributed by atoms with Crippen molar-refractivity contribution < 1.29 is 4.79 Å². The number of rotatable bonds is 3. The van der Waals surface area contributed by atoms with Crippen molar-refractivity contribution in [3.8, 4) is 0 Å². The van der Waals surface area contributed by atoms with Gasteiger partial charge in [-0.15, -0.1) is 0 Å². The molecule has 0 fully saturated rings. The molecule has 14 heavy (non-hydrogen) atoms. The maximum atomic E-state index is 11.4. The average molecular weight is 192 g/mol. The van der Waals surface area contributed by atoms with Crippen LogP contribution >= 0.6 is 0 Å². The number of benzene rings is 1. The van der Waals surface area contributed by atoms with Gasteiger partial charge in [0, 0.05) is 11.3 Å². The summed E-state index contributed by atoms with van der Waals surface area (Å²) in [6, 6.07) is 6.59. The molecule has 0 aliphatic rings. The number of aliphatic imine (C=N–C) groups is 1. The van der Waals surface area contributed by atoms with Crippen LogP contribution in [0.3, 0.4) is 0 Å². The first kappa shape index (κ1) is 10.0. The quantitative estimate of drug-likeness (QED) is 0.265. The van der Waals surface area contributed by atoms with Crippen LogP contribution in [0.4, 0.5) is 5.69 Å². The fourth-order valence-electron chi connectivity index (χ4n) is 0.923. The van der Waals surface area contributed by atoms with Gasteiger partial charge in [0.1, 0.15) is 6.54 Å². The smallest absolute Gasteiger partial charge is 0.186 e. The van der Waals surface area contributed by atoms with Gasteiger partial charge in [-0.25, -0.2) is 4.99 Å². The van der Waals surface area contributed by atoms with E-state index in [9.17, 15) is 4.79 Å². The highest BCUT2D eigenvalue weighted by Gasteiger charge is 2.03. The second kappa shape index (κ2) is 4.27. The molecule has 0 spiro atoms. The van der Waals surface area contributed by atoms with Crippen molar-refractivity contribution >= 4 is 17.4 Å². The van der Waals surface area contributed by atoms with Gasteiger partial charge in [0.2, 0.25) is 0 Å². The van der Waals surface area contributed by atoms with Crippen LogP contribution in [0, 0.1) is 0 Å². The van der Waals surface area contributed by atoms with Crippen molar-refractivity contribution in [1.29, 1.82) is 0 Å². The van der Waals surface area contributed by atoms with E-state index in [1.165, 1.54) is 0 Å². The molecule has 6 N–H and O–H groups in total. The van der Waals surface area contributed by atoms with Crippen molar-refractivity contribution in [2.45, 2.75) is 0 Å². The number of carbonyl (C=O) groups excluding carboxylic acids is 1. The number of hydrogen-bond donors (Lipinski definition) is 3. The molecule has 74 valence electrons. The van der Waals surface area contributed by atoms with Crippen LogP contribution < -0.4 is 17.2 Å². The summed E-state index contributed by atoms with van der Waals surface area (Å²) < 4.78 is 0. The van der Waals surface area contributed by atoms with E-state index in [-0.39, 0.29) is 18.3 Å². The summed E-state index contributed by atoms with van der Waals surface area (Å²) in [5.41, 5.74) is 16.8. The lowest BCUT2D eigenvalue weighted by Gasteiger charge is -1.98. The largest absolute Gasteiger partial charge is 0.399 e. The predicted octanol–water partition coefficient (Wildman–Crippen LogP) is -0.275. The molecule has 0 saturated carbocycles. The summed E-state index contributed by atoms with van der Waals surface area (Å²) in [6.07, 6.45) is 0. The van der Waals surface area contributed by atoms with Gasteiger partial charge < -0.3 is 17.2 Å². The van der Waals surface area contributed by atoms with Crippen LogP contribution in [0.5, 0.6) is 0 Å². The Kier molecular flexibility index (Phi) is 3.06. The fourth-order valence-corrected chi connectivity index (χ4v) is 0.923. The molecule has 0 radical (unpaired) electrons. The van der Waals surface area contributed by atoms with Crippen LogP contribution in [0.15, 0.2) is 29.3 Å². The average Bonchev–Trinajstić information content (AvgIpc) is 2.15. The molecule has 0 amide bonds. The van der Waals surface area contributed by atoms with Gasteiger partial charge in [-0.05, 0) is 24.3 Å². The number of nitrogens with zero attached hydrogens (tertiary/aromatic N) is 1. The molecule has 1 aromatic carbocycles. The van der Waals surface area contributed by atoms with Crippen molar-refractivity contribution in [3.05, 3.63) is 29.8 Å². The monoisotopic (exact) mass is 192 g/mol. The van der Waals surface area contributed by atoms with E-state index >= 15 is 0 Å². The summed E-state index contributed by atoms with van der Waals surface area (Å²) in [6.45, 7) is -0.0355. The maximum Gasteiger partial charge on any atom is 0.186 e. The zero-order valence-corrected chi connectivity index (χ0v) is 7.60. The van der Waals surface area contributed by atoms with Crippen LogP contribution in [-0.2, 0) is 0 Å². The van der Waals surface area contributed by atoms with Gasteiger partial charge in [0.05, 0.1) is 0 Å². The summed E-state index contributed by atoms with van der Waals surface area (Å²) in [5.74, 6) is -0.229. The molecule has 0 heterocycles. The topological polar surface area (TPSA) is 107 Å². The molecule has 1 aromatic rings. The molecule has 5 heteroatoms. The number of guanidine groups is 1. The molecule has 0 unspecified atom stereocenters. The minimum Gasteiger partial charge on any atom is -0.399 e. The van der Waals surface area contributed by atoms with Gasteiger partial charge in [-0.3, -0.25) is 4.79 Å². The molecule has 5 nitrogen and oxygen atoms in total. The molecule has 0 aliphatic carbocycles. The molecule has 1 rings (SSSR count). The highest BCUT2D eigenvalue weighted by molar-refractivity contribution is 5.98. The number of Topliss-reactive ketones (excluding diaryl/α,β-unsaturated/α-hetero) is 1. The van der Waals surface area contributed by atoms with Crippen LogP contribution in [-0.4, -0.2) is 18.3 Å². The second-order valence-electron chi connectivity index (χ2n) is 2.79. The van der Waals surface area contributed by atoms with Crippen molar-refractivity contribution in [1.82, 2.24) is 0 Å². The van der Waals surface area contributed by atoms with Crippen molar-refractivity contribution in [2.24, 2.45) is 16.5 Å². The van der Waals surface area contributed by atoms with E-state index in [1.807, 2.05) is 0 Å². The number of ketones is 1. The van der Waals surface area contributed by atoms with Gasteiger partial charge in [0.25, 0.3) is 0 Å². The van der Waals surface area contributed by atoms with Crippen molar-refractivity contribution in [2.75, 3.05) is 12.3 Å². The number of hydrogen-bond acceptors (Lipinski definition) is 3. The van der Waals surface area contributed by atoms with Crippen LogP contribution in [0.1, 0.15) is 10.4 Å². The molecule has 0 atom stereocenters. The van der Waals surface area contributed by atoms with E-state index in [1.54, 1.807) is 24.3 Å². The number of nitrogen functional groups attached to an aromatic ring is 1. The normalized spacial score (nSPS) is 9.43. The van der Waals surface area contributed by atoms with E-state index in [4.69, 9.17) is 17.2 Å². The summed E-state index contributed by atoms with van der Waals surface area (Å²) in [7, 11) is 0. The molecule has 0 aromatic heterocycles. The highest BCUT2D eigenvalue weighted by atomic mass is 16.1. The third-order valence-corrected chi connectivity index (χ3v) is 1.64. The number of anilines is 1. The van der Waals surface area contributed by atoms with E-state index in [0.29, 0.717) is 11.3 Å². The van der Waals surface area contributed by atoms with E-state index in [0.717, 1.165) is 0 Å². The number of carbonyl (C=O) groups is 1. The highest BCUT2D eigenvalue weighted by Crippen LogP contribution is 2.06. The third kappa shape index (κ3) is 2.78.